The molecule has 0 aliphatic carbocycles. The van der Waals surface area contributed by atoms with Crippen LogP contribution in [0.4, 0.5) is 0 Å². The molecule has 0 radical (unpaired) electrons. The van der Waals surface area contributed by atoms with Crippen molar-refractivity contribution < 1.29 is 19.1 Å². The fourth-order valence-corrected chi connectivity index (χ4v) is 3.46. The van der Waals surface area contributed by atoms with E-state index in [4.69, 9.17) is 9.47 Å². The van der Waals surface area contributed by atoms with Gasteiger partial charge in [-0.05, 0) is 47.5 Å². The number of hydrogen-bond acceptors (Lipinski definition) is 5. The highest BCUT2D eigenvalue weighted by atomic mass is 16.5. The smallest absolute Gasteiger partial charge is 0.246 e. The van der Waals surface area contributed by atoms with E-state index in [1.165, 1.54) is 6.08 Å². The molecule has 7 heteroatoms. The van der Waals surface area contributed by atoms with E-state index in [0.29, 0.717) is 19.6 Å². The van der Waals surface area contributed by atoms with E-state index in [2.05, 4.69) is 10.2 Å². The second-order valence-electron chi connectivity index (χ2n) is 7.67. The van der Waals surface area contributed by atoms with Crippen LogP contribution in [-0.4, -0.2) is 75.1 Å². The predicted octanol–water partition coefficient (Wildman–Crippen LogP) is 2.69. The van der Waals surface area contributed by atoms with E-state index in [9.17, 15) is 9.59 Å². The van der Waals surface area contributed by atoms with Crippen molar-refractivity contribution in [3.8, 4) is 11.5 Å². The summed E-state index contributed by atoms with van der Waals surface area (Å²) in [6.07, 6.45) is 6.75. The maximum atomic E-state index is 12.5. The van der Waals surface area contributed by atoms with Crippen LogP contribution in [0.25, 0.3) is 12.2 Å². The topological polar surface area (TPSA) is 71.1 Å². The quantitative estimate of drug-likeness (QED) is 0.596. The van der Waals surface area contributed by atoms with Crippen LogP contribution in [0.2, 0.25) is 0 Å². The maximum Gasteiger partial charge on any atom is 0.246 e. The summed E-state index contributed by atoms with van der Waals surface area (Å²) in [5.74, 6) is 1.47. The number of carbonyl (C=O) groups is 2. The lowest BCUT2D eigenvalue weighted by atomic mass is 10.2. The van der Waals surface area contributed by atoms with E-state index in [-0.39, 0.29) is 11.8 Å². The summed E-state index contributed by atoms with van der Waals surface area (Å²) >= 11 is 0. The lowest BCUT2D eigenvalue weighted by molar-refractivity contribution is -0.127. The van der Waals surface area contributed by atoms with E-state index in [1.54, 1.807) is 26.4 Å². The Labute approximate surface area is 195 Å². The molecule has 174 valence electrons. The van der Waals surface area contributed by atoms with E-state index in [0.717, 1.165) is 42.3 Å². The first kappa shape index (κ1) is 24.1. The molecule has 2 amide bonds. The number of nitrogens with one attached hydrogen (secondary N) is 1. The predicted molar refractivity (Wildman–Crippen MR) is 130 cm³/mol. The standard InChI is InChI=1S/C26H31N3O4/c1-32-23-9-3-21(4-10-23)7-13-25(30)27-15-16-28-17-19-29(20-18-28)26(31)14-8-22-5-11-24(33-2)12-6-22/h3-14H,15-20H2,1-2H3,(H,27,30)/b13-7+,14-8-. The molecule has 1 aliphatic rings. The molecule has 1 N–H and O–H groups in total. The molecule has 0 saturated carbocycles. The van der Waals surface area contributed by atoms with Crippen molar-refractivity contribution in [3.05, 3.63) is 71.8 Å². The fraction of sp³-hybridized carbons (Fsp3) is 0.308. The van der Waals surface area contributed by atoms with Gasteiger partial charge < -0.3 is 19.7 Å². The number of carbonyl (C=O) groups excluding carboxylic acids is 2. The monoisotopic (exact) mass is 449 g/mol. The van der Waals surface area contributed by atoms with Gasteiger partial charge in [-0.3, -0.25) is 14.5 Å². The molecule has 0 spiro atoms. The van der Waals surface area contributed by atoms with Gasteiger partial charge >= 0.3 is 0 Å². The van der Waals surface area contributed by atoms with E-state index >= 15 is 0 Å². The molecule has 33 heavy (non-hydrogen) atoms. The molecule has 2 aromatic rings. The largest absolute Gasteiger partial charge is 0.497 e. The Morgan fingerprint density at radius 3 is 1.85 bits per heavy atom. The molecule has 0 aromatic heterocycles. The van der Waals surface area contributed by atoms with Gasteiger partial charge in [0, 0.05) is 51.4 Å². The Morgan fingerprint density at radius 2 is 1.33 bits per heavy atom. The summed E-state index contributed by atoms with van der Waals surface area (Å²) < 4.78 is 10.3. The van der Waals surface area contributed by atoms with Crippen LogP contribution in [0.1, 0.15) is 11.1 Å². The zero-order valence-corrected chi connectivity index (χ0v) is 19.2. The third-order valence-electron chi connectivity index (χ3n) is 5.49. The SMILES string of the molecule is COc1ccc(/C=C\C(=O)N2CCN(CCNC(=O)/C=C/c3ccc(OC)cc3)CC2)cc1. The van der Waals surface area contributed by atoms with Gasteiger partial charge in [-0.2, -0.15) is 0 Å². The minimum absolute atomic E-state index is 0.0161. The van der Waals surface area contributed by atoms with Crippen molar-refractivity contribution in [1.82, 2.24) is 15.1 Å². The molecular weight excluding hydrogens is 418 g/mol. The van der Waals surface area contributed by atoms with Crippen molar-refractivity contribution in [1.29, 1.82) is 0 Å². The summed E-state index contributed by atoms with van der Waals surface area (Å²) in [5.41, 5.74) is 1.90. The minimum Gasteiger partial charge on any atom is -0.497 e. The lowest BCUT2D eigenvalue weighted by Crippen LogP contribution is -2.49. The molecule has 0 atom stereocenters. The van der Waals surface area contributed by atoms with Crippen molar-refractivity contribution in [3.63, 3.8) is 0 Å². The van der Waals surface area contributed by atoms with Crippen LogP contribution in [0.3, 0.4) is 0 Å². The maximum absolute atomic E-state index is 12.5. The van der Waals surface area contributed by atoms with Crippen LogP contribution in [0.15, 0.2) is 60.7 Å². The van der Waals surface area contributed by atoms with Crippen LogP contribution in [0.5, 0.6) is 11.5 Å². The Bertz CT molecular complexity index is 957. The fourth-order valence-electron chi connectivity index (χ4n) is 3.46. The van der Waals surface area contributed by atoms with Crippen LogP contribution >= 0.6 is 0 Å². The summed E-state index contributed by atoms with van der Waals surface area (Å²) in [4.78, 5) is 28.6. The number of ether oxygens (including phenoxy) is 2. The van der Waals surface area contributed by atoms with Gasteiger partial charge in [-0.15, -0.1) is 0 Å². The number of methoxy groups -OCH3 is 2. The van der Waals surface area contributed by atoms with Crippen LogP contribution in [0, 0.1) is 0 Å². The highest BCUT2D eigenvalue weighted by Gasteiger charge is 2.19. The Morgan fingerprint density at radius 1 is 0.818 bits per heavy atom. The summed E-state index contributed by atoms with van der Waals surface area (Å²) in [5, 5.41) is 2.91. The van der Waals surface area contributed by atoms with Gasteiger partial charge in [-0.25, -0.2) is 0 Å². The lowest BCUT2D eigenvalue weighted by Gasteiger charge is -2.34. The molecule has 0 bridgehead atoms. The number of hydrogen-bond donors (Lipinski definition) is 1. The molecule has 0 unspecified atom stereocenters. The second kappa shape index (κ2) is 12.5. The zero-order valence-electron chi connectivity index (χ0n) is 19.2. The Hall–Kier alpha value is -3.58. The van der Waals surface area contributed by atoms with Crippen molar-refractivity contribution in [2.45, 2.75) is 0 Å². The zero-order chi connectivity index (χ0) is 23.5. The third-order valence-corrected chi connectivity index (χ3v) is 5.49. The Balaban J connectivity index is 1.34. The van der Waals surface area contributed by atoms with Crippen LogP contribution < -0.4 is 14.8 Å². The van der Waals surface area contributed by atoms with Gasteiger partial charge in [0.1, 0.15) is 11.5 Å². The van der Waals surface area contributed by atoms with Crippen molar-refractivity contribution in [2.24, 2.45) is 0 Å². The van der Waals surface area contributed by atoms with Crippen molar-refractivity contribution in [2.75, 3.05) is 53.5 Å². The first-order valence-corrected chi connectivity index (χ1v) is 11.0. The first-order valence-electron chi connectivity index (χ1n) is 11.0. The highest BCUT2D eigenvalue weighted by molar-refractivity contribution is 5.92. The average molecular weight is 450 g/mol. The number of nitrogens with zero attached hydrogens (tertiary/aromatic N) is 2. The molecule has 1 fully saturated rings. The normalized spacial score (nSPS) is 14.5. The van der Waals surface area contributed by atoms with Crippen LogP contribution in [-0.2, 0) is 9.59 Å². The van der Waals surface area contributed by atoms with Gasteiger partial charge in [0.15, 0.2) is 0 Å². The molecule has 1 aliphatic heterocycles. The highest BCUT2D eigenvalue weighted by Crippen LogP contribution is 2.13. The second-order valence-corrected chi connectivity index (χ2v) is 7.67. The number of benzene rings is 2. The van der Waals surface area contributed by atoms with Crippen molar-refractivity contribution >= 4 is 24.0 Å². The molecule has 1 heterocycles. The number of amides is 2. The number of rotatable bonds is 9. The van der Waals surface area contributed by atoms with Gasteiger partial charge in [0.25, 0.3) is 0 Å². The molecule has 1 saturated heterocycles. The minimum atomic E-state index is -0.122. The van der Waals surface area contributed by atoms with Gasteiger partial charge in [0.2, 0.25) is 11.8 Å². The summed E-state index contributed by atoms with van der Waals surface area (Å²) in [7, 11) is 3.25. The van der Waals surface area contributed by atoms with E-state index < -0.39 is 0 Å². The average Bonchev–Trinajstić information content (AvgIpc) is 2.87. The molecule has 3 rings (SSSR count). The first-order chi connectivity index (χ1) is 16.1. The Kier molecular flexibility index (Phi) is 9.08. The number of piperazine rings is 1. The third kappa shape index (κ3) is 7.80. The van der Waals surface area contributed by atoms with Gasteiger partial charge in [0.05, 0.1) is 14.2 Å². The summed E-state index contributed by atoms with van der Waals surface area (Å²) in [6.45, 7) is 4.26. The molecule has 7 nitrogen and oxygen atoms in total. The van der Waals surface area contributed by atoms with E-state index in [1.807, 2.05) is 59.5 Å². The molecule has 2 aromatic carbocycles. The molecular formula is C26H31N3O4. The van der Waals surface area contributed by atoms with Gasteiger partial charge in [-0.1, -0.05) is 24.3 Å². The summed E-state index contributed by atoms with van der Waals surface area (Å²) in [6, 6.07) is 15.1.